The molecule has 2 aromatic carbocycles. The quantitative estimate of drug-likeness (QED) is 0.651. The van der Waals surface area contributed by atoms with Crippen molar-refractivity contribution < 1.29 is 4.79 Å². The molecule has 4 nitrogen and oxygen atoms in total. The van der Waals surface area contributed by atoms with E-state index in [9.17, 15) is 4.79 Å². The smallest absolute Gasteiger partial charge is 0.227 e. The first-order valence-electron chi connectivity index (χ1n) is 10.4. The summed E-state index contributed by atoms with van der Waals surface area (Å²) >= 11 is 0. The van der Waals surface area contributed by atoms with Crippen molar-refractivity contribution in [1.29, 1.82) is 0 Å². The lowest BCUT2D eigenvalue weighted by Crippen LogP contribution is -2.40. The van der Waals surface area contributed by atoms with Gasteiger partial charge >= 0.3 is 0 Å². The van der Waals surface area contributed by atoms with Crippen LogP contribution in [0.3, 0.4) is 0 Å². The summed E-state index contributed by atoms with van der Waals surface area (Å²) < 4.78 is 2.29. The average molecular weight is 376 g/mol. The van der Waals surface area contributed by atoms with Crippen LogP contribution in [0.1, 0.15) is 44.0 Å². The first-order chi connectivity index (χ1) is 13.6. The van der Waals surface area contributed by atoms with E-state index >= 15 is 0 Å². The van der Waals surface area contributed by atoms with Crippen molar-refractivity contribution in [1.82, 2.24) is 14.5 Å². The number of hydrogen-bond acceptors (Lipinski definition) is 2. The Morgan fingerprint density at radius 3 is 2.64 bits per heavy atom. The molecule has 1 amide bonds. The molecule has 4 heteroatoms. The molecule has 1 aliphatic heterocycles. The van der Waals surface area contributed by atoms with Gasteiger partial charge in [-0.1, -0.05) is 56.3 Å². The Bertz CT molecular complexity index is 946. The van der Waals surface area contributed by atoms with Crippen LogP contribution in [0.2, 0.25) is 0 Å². The number of fused-ring (bicyclic) bond motifs is 1. The highest BCUT2D eigenvalue weighted by Gasteiger charge is 2.24. The Kier molecular flexibility index (Phi) is 5.47. The number of carbonyl (C=O) groups is 1. The van der Waals surface area contributed by atoms with Crippen LogP contribution in [0.25, 0.3) is 10.8 Å². The first kappa shape index (κ1) is 18.7. The van der Waals surface area contributed by atoms with Crippen molar-refractivity contribution in [3.63, 3.8) is 0 Å². The third kappa shape index (κ3) is 3.96. The number of carbonyl (C=O) groups excluding carboxylic acids is 1. The van der Waals surface area contributed by atoms with Gasteiger partial charge in [0.2, 0.25) is 5.91 Å². The second-order valence-electron chi connectivity index (χ2n) is 8.23. The molecular weight excluding hydrogens is 346 g/mol. The highest BCUT2D eigenvalue weighted by atomic mass is 16.2. The number of rotatable bonds is 5. The van der Waals surface area contributed by atoms with Crippen LogP contribution in [0, 0.1) is 5.92 Å². The summed E-state index contributed by atoms with van der Waals surface area (Å²) in [5.41, 5.74) is 1.13. The highest BCUT2D eigenvalue weighted by molar-refractivity contribution is 5.90. The molecule has 1 aliphatic rings. The molecule has 1 aromatic heterocycles. The minimum absolute atomic E-state index is 0.250. The molecule has 1 fully saturated rings. The van der Waals surface area contributed by atoms with E-state index in [0.29, 0.717) is 18.3 Å². The topological polar surface area (TPSA) is 38.1 Å². The fraction of sp³-hybridized carbons (Fsp3) is 0.417. The van der Waals surface area contributed by atoms with E-state index in [1.807, 2.05) is 18.3 Å². The number of amides is 1. The molecule has 0 aliphatic carbocycles. The summed E-state index contributed by atoms with van der Waals surface area (Å²) in [6.07, 6.45) is 6.62. The fourth-order valence-corrected chi connectivity index (χ4v) is 4.34. The van der Waals surface area contributed by atoms with E-state index in [-0.39, 0.29) is 5.91 Å². The van der Waals surface area contributed by atoms with Crippen molar-refractivity contribution in [2.45, 2.75) is 45.6 Å². The van der Waals surface area contributed by atoms with Gasteiger partial charge in [-0.15, -0.1) is 0 Å². The zero-order valence-electron chi connectivity index (χ0n) is 16.8. The second kappa shape index (κ2) is 8.17. The molecule has 0 radical (unpaired) electrons. The molecule has 146 valence electrons. The number of piperidine rings is 1. The molecule has 1 saturated heterocycles. The van der Waals surface area contributed by atoms with E-state index < -0.39 is 0 Å². The standard InChI is InChI=1S/C24H29N3O/c1-18(2)24-25-12-15-27(24)17-19-10-13-26(14-11-19)23(28)16-21-8-5-7-20-6-3-4-9-22(20)21/h3-9,12,15,18-19H,10-11,13-14,16-17H2,1-2H3. The number of benzene rings is 2. The Labute approximate surface area is 167 Å². The van der Waals surface area contributed by atoms with E-state index in [2.05, 4.69) is 64.8 Å². The number of hydrogen-bond donors (Lipinski definition) is 0. The van der Waals surface area contributed by atoms with Crippen LogP contribution in [-0.4, -0.2) is 33.4 Å². The van der Waals surface area contributed by atoms with Gasteiger partial charge in [0.25, 0.3) is 0 Å². The Morgan fingerprint density at radius 1 is 1.11 bits per heavy atom. The van der Waals surface area contributed by atoms with Crippen molar-refractivity contribution in [3.05, 3.63) is 66.2 Å². The minimum atomic E-state index is 0.250. The number of likely N-dealkylation sites (tertiary alicyclic amines) is 1. The lowest BCUT2D eigenvalue weighted by atomic mass is 9.95. The third-order valence-corrected chi connectivity index (χ3v) is 5.91. The summed E-state index contributed by atoms with van der Waals surface area (Å²) in [6, 6.07) is 14.6. The zero-order valence-corrected chi connectivity index (χ0v) is 16.8. The maximum absolute atomic E-state index is 12.9. The molecule has 0 spiro atoms. The molecule has 0 atom stereocenters. The van der Waals surface area contributed by atoms with Gasteiger partial charge in [-0.3, -0.25) is 4.79 Å². The molecule has 0 saturated carbocycles. The maximum Gasteiger partial charge on any atom is 0.227 e. The Balaban J connectivity index is 1.36. The number of imidazole rings is 1. The molecular formula is C24H29N3O. The van der Waals surface area contributed by atoms with Crippen molar-refractivity contribution in [2.75, 3.05) is 13.1 Å². The zero-order chi connectivity index (χ0) is 19.5. The minimum Gasteiger partial charge on any atom is -0.342 e. The Morgan fingerprint density at radius 2 is 1.86 bits per heavy atom. The summed E-state index contributed by atoms with van der Waals surface area (Å²) in [5, 5.41) is 2.39. The largest absolute Gasteiger partial charge is 0.342 e. The Hall–Kier alpha value is -2.62. The molecule has 0 N–H and O–H groups in total. The van der Waals surface area contributed by atoms with Gasteiger partial charge in [-0.05, 0) is 35.1 Å². The van der Waals surface area contributed by atoms with Crippen molar-refractivity contribution in [2.24, 2.45) is 5.92 Å². The maximum atomic E-state index is 12.9. The van der Waals surface area contributed by atoms with Gasteiger partial charge in [0.1, 0.15) is 5.82 Å². The van der Waals surface area contributed by atoms with Gasteiger partial charge in [0.05, 0.1) is 6.42 Å². The van der Waals surface area contributed by atoms with Gasteiger partial charge in [-0.2, -0.15) is 0 Å². The fourth-order valence-electron chi connectivity index (χ4n) is 4.34. The molecule has 2 heterocycles. The van der Waals surface area contributed by atoms with Gasteiger partial charge in [0.15, 0.2) is 0 Å². The summed E-state index contributed by atoms with van der Waals surface area (Å²) in [6.45, 7) is 7.11. The summed E-state index contributed by atoms with van der Waals surface area (Å²) in [5.74, 6) is 2.47. The number of aromatic nitrogens is 2. The number of nitrogens with zero attached hydrogens (tertiary/aromatic N) is 3. The molecule has 0 bridgehead atoms. The highest BCUT2D eigenvalue weighted by Crippen LogP contribution is 2.24. The molecule has 0 unspecified atom stereocenters. The SMILES string of the molecule is CC(C)c1nccn1CC1CCN(C(=O)Cc2cccc3ccccc23)CC1. The van der Waals surface area contributed by atoms with E-state index in [1.54, 1.807) is 0 Å². The first-order valence-corrected chi connectivity index (χ1v) is 10.4. The third-order valence-electron chi connectivity index (χ3n) is 5.91. The normalized spacial score (nSPS) is 15.5. The summed E-state index contributed by atoms with van der Waals surface area (Å²) in [7, 11) is 0. The van der Waals surface area contributed by atoms with Crippen LogP contribution >= 0.6 is 0 Å². The van der Waals surface area contributed by atoms with Crippen molar-refractivity contribution in [3.8, 4) is 0 Å². The van der Waals surface area contributed by atoms with Gasteiger partial charge in [0, 0.05) is 37.9 Å². The molecule has 4 rings (SSSR count). The van der Waals surface area contributed by atoms with Gasteiger partial charge in [-0.25, -0.2) is 4.98 Å². The molecule has 28 heavy (non-hydrogen) atoms. The second-order valence-corrected chi connectivity index (χ2v) is 8.23. The predicted molar refractivity (Wildman–Crippen MR) is 113 cm³/mol. The van der Waals surface area contributed by atoms with Crippen LogP contribution in [0.15, 0.2) is 54.9 Å². The van der Waals surface area contributed by atoms with Crippen LogP contribution in [-0.2, 0) is 17.8 Å². The lowest BCUT2D eigenvalue weighted by Gasteiger charge is -2.32. The average Bonchev–Trinajstić information content (AvgIpc) is 3.17. The predicted octanol–water partition coefficient (Wildman–Crippen LogP) is 4.64. The van der Waals surface area contributed by atoms with E-state index in [1.165, 1.54) is 10.8 Å². The van der Waals surface area contributed by atoms with E-state index in [4.69, 9.17) is 0 Å². The molecule has 3 aromatic rings. The lowest BCUT2D eigenvalue weighted by molar-refractivity contribution is -0.131. The summed E-state index contributed by atoms with van der Waals surface area (Å²) in [4.78, 5) is 19.4. The van der Waals surface area contributed by atoms with E-state index in [0.717, 1.165) is 43.9 Å². The van der Waals surface area contributed by atoms with Gasteiger partial charge < -0.3 is 9.47 Å². The monoisotopic (exact) mass is 375 g/mol. The van der Waals surface area contributed by atoms with Crippen LogP contribution < -0.4 is 0 Å². The van der Waals surface area contributed by atoms with Crippen LogP contribution in [0.5, 0.6) is 0 Å². The van der Waals surface area contributed by atoms with Crippen molar-refractivity contribution >= 4 is 16.7 Å². The van der Waals surface area contributed by atoms with Crippen LogP contribution in [0.4, 0.5) is 0 Å².